The summed E-state index contributed by atoms with van der Waals surface area (Å²) in [7, 11) is 0. The minimum atomic E-state index is -0.874. The summed E-state index contributed by atoms with van der Waals surface area (Å²) in [5, 5.41) is 0. The summed E-state index contributed by atoms with van der Waals surface area (Å²) in [5.41, 5.74) is 2.19. The Hall–Kier alpha value is -2.03. The van der Waals surface area contributed by atoms with Gasteiger partial charge in [0, 0.05) is 12.8 Å². The fraction of sp³-hybridized carbons (Fsp3) is 0.594. The molecule has 200 valence electrons. The first kappa shape index (κ1) is 35.1. The highest BCUT2D eigenvalue weighted by atomic mass is 19.2. The topological polar surface area (TPSA) is 17.1 Å². The van der Waals surface area contributed by atoms with Crippen molar-refractivity contribution in [3.05, 3.63) is 71.4 Å². The molecular weight excluding hydrogens is 438 g/mol. The minimum Gasteiger partial charge on any atom is -0.300 e. The molecule has 1 aliphatic carbocycles. The van der Waals surface area contributed by atoms with Gasteiger partial charge in [-0.3, -0.25) is 4.79 Å². The molecule has 3 unspecified atom stereocenters. The smallest absolute Gasteiger partial charge is 0.158 e. The van der Waals surface area contributed by atoms with Crippen molar-refractivity contribution in [3.8, 4) is 0 Å². The van der Waals surface area contributed by atoms with Crippen LogP contribution in [0.3, 0.4) is 0 Å². The monoisotopic (exact) mass is 490 g/mol. The van der Waals surface area contributed by atoms with Gasteiger partial charge in [0.25, 0.3) is 0 Å². The molecule has 0 saturated heterocycles. The normalized spacial score (nSPS) is 19.7. The first-order valence-electron chi connectivity index (χ1n) is 13.6. The lowest BCUT2D eigenvalue weighted by Gasteiger charge is -2.16. The van der Waals surface area contributed by atoms with Gasteiger partial charge in [-0.25, -0.2) is 8.78 Å². The number of hydrogen-bond donors (Lipinski definition) is 0. The summed E-state index contributed by atoms with van der Waals surface area (Å²) in [5.74, 6) is 0.114. The van der Waals surface area contributed by atoms with Crippen molar-refractivity contribution in [1.82, 2.24) is 0 Å². The summed E-state index contributed by atoms with van der Waals surface area (Å²) in [6.07, 6.45) is 21.4. The Kier molecular flexibility index (Phi) is 22.5. The predicted molar refractivity (Wildman–Crippen MR) is 152 cm³/mol. The molecule has 1 rings (SSSR count). The van der Waals surface area contributed by atoms with Crippen LogP contribution in [-0.4, -0.2) is 5.78 Å². The first-order valence-corrected chi connectivity index (χ1v) is 13.6. The molecule has 0 aliphatic heterocycles. The van der Waals surface area contributed by atoms with Crippen molar-refractivity contribution >= 4 is 5.78 Å². The molecule has 0 radical (unpaired) electrons. The molecule has 0 bridgehead atoms. The van der Waals surface area contributed by atoms with E-state index in [4.69, 9.17) is 0 Å². The van der Waals surface area contributed by atoms with E-state index in [1.54, 1.807) is 13.0 Å². The second-order valence-corrected chi connectivity index (χ2v) is 9.03. The van der Waals surface area contributed by atoms with Crippen molar-refractivity contribution in [3.63, 3.8) is 0 Å². The van der Waals surface area contributed by atoms with E-state index in [2.05, 4.69) is 65.0 Å². The molecule has 1 saturated carbocycles. The Labute approximate surface area is 215 Å². The maximum absolute atomic E-state index is 13.5. The molecule has 35 heavy (non-hydrogen) atoms. The van der Waals surface area contributed by atoms with E-state index in [1.165, 1.54) is 31.4 Å². The summed E-state index contributed by atoms with van der Waals surface area (Å²) >= 11 is 0. The van der Waals surface area contributed by atoms with E-state index in [9.17, 15) is 13.6 Å². The average Bonchev–Trinajstić information content (AvgIpc) is 3.58. The van der Waals surface area contributed by atoms with Crippen LogP contribution in [0.1, 0.15) is 107 Å². The Morgan fingerprint density at radius 2 is 1.60 bits per heavy atom. The van der Waals surface area contributed by atoms with Crippen molar-refractivity contribution < 1.29 is 13.6 Å². The van der Waals surface area contributed by atoms with Gasteiger partial charge in [0.15, 0.2) is 11.7 Å². The predicted octanol–water partition coefficient (Wildman–Crippen LogP) is 11.0. The zero-order valence-corrected chi connectivity index (χ0v) is 24.0. The molecule has 0 N–H and O–H groups in total. The molecule has 0 aromatic heterocycles. The quantitative estimate of drug-likeness (QED) is 0.249. The molecule has 1 fully saturated rings. The van der Waals surface area contributed by atoms with E-state index in [0.717, 1.165) is 37.2 Å². The largest absolute Gasteiger partial charge is 0.300 e. The number of carbonyl (C=O) groups excluding carboxylic acids is 1. The number of rotatable bonds is 12. The summed E-state index contributed by atoms with van der Waals surface area (Å²) in [6, 6.07) is 0. The molecule has 0 amide bonds. The van der Waals surface area contributed by atoms with Gasteiger partial charge in [0.05, 0.1) is 0 Å². The van der Waals surface area contributed by atoms with E-state index >= 15 is 0 Å². The van der Waals surface area contributed by atoms with Crippen LogP contribution in [0.25, 0.3) is 0 Å². The highest BCUT2D eigenvalue weighted by Crippen LogP contribution is 2.44. The van der Waals surface area contributed by atoms with E-state index in [1.807, 2.05) is 13.8 Å². The highest BCUT2D eigenvalue weighted by Gasteiger charge is 2.34. The van der Waals surface area contributed by atoms with E-state index in [-0.39, 0.29) is 11.7 Å². The molecule has 1 nitrogen and oxygen atoms in total. The molecule has 0 aromatic carbocycles. The van der Waals surface area contributed by atoms with Crippen LogP contribution in [0.5, 0.6) is 0 Å². The molecule has 1 aliphatic rings. The van der Waals surface area contributed by atoms with Gasteiger partial charge in [0.1, 0.15) is 5.78 Å². The maximum atomic E-state index is 13.5. The molecule has 3 atom stereocenters. The standard InChI is InChI=1S/C16H24F2O.C13H20.C3H8/c1-5-9-13(10-14(19)7-3)12(6-2)11-16(18)15(17)8-4;1-4-6-7-9-12(8-5-2)13-10-11(13)3;1-3-2/h6,8,11,13H,5,7,9-10H2,1-4H3;5-9,11,13H,4,10H2,1-3H3;3H2,1-2H3/b12-6+,15-8+,16-11+;7-6+,8-5-,12-9+;. The summed E-state index contributed by atoms with van der Waals surface area (Å²) in [6.45, 7) is 17.9. The van der Waals surface area contributed by atoms with Gasteiger partial charge in [-0.15, -0.1) is 0 Å². The molecular formula is C32H52F2O. The second kappa shape index (κ2) is 22.4. The summed E-state index contributed by atoms with van der Waals surface area (Å²) in [4.78, 5) is 11.6. The van der Waals surface area contributed by atoms with Gasteiger partial charge in [0.2, 0.25) is 0 Å². The highest BCUT2D eigenvalue weighted by molar-refractivity contribution is 5.78. The SMILES string of the molecule is CCC.C\C=C(/C=C(F)\C(F)=C/C)C(CCC)CC(=O)CC.C\C=C/C(=C\C=C\CC)C1CC1C. The second-order valence-electron chi connectivity index (χ2n) is 9.03. The van der Waals surface area contributed by atoms with Gasteiger partial charge in [-0.05, 0) is 81.1 Å². The average molecular weight is 491 g/mol. The summed E-state index contributed by atoms with van der Waals surface area (Å²) < 4.78 is 26.7. The zero-order chi connectivity index (χ0) is 27.2. The number of halogens is 2. The Bertz CT molecular complexity index is 750. The van der Waals surface area contributed by atoms with Crippen molar-refractivity contribution in [2.75, 3.05) is 0 Å². The van der Waals surface area contributed by atoms with Gasteiger partial charge >= 0.3 is 0 Å². The third kappa shape index (κ3) is 17.1. The lowest BCUT2D eigenvalue weighted by atomic mass is 9.88. The lowest BCUT2D eigenvalue weighted by molar-refractivity contribution is -0.119. The number of allylic oxidation sites excluding steroid dienone is 12. The Morgan fingerprint density at radius 3 is 2.00 bits per heavy atom. The zero-order valence-electron chi connectivity index (χ0n) is 24.0. The lowest BCUT2D eigenvalue weighted by Crippen LogP contribution is -2.10. The number of Topliss-reactive ketones (excluding diaryl/α,β-unsaturated/α-hetero) is 1. The fourth-order valence-electron chi connectivity index (χ4n) is 3.54. The number of hydrogen-bond acceptors (Lipinski definition) is 1. The van der Waals surface area contributed by atoms with Crippen molar-refractivity contribution in [2.45, 2.75) is 107 Å². The minimum absolute atomic E-state index is 0.0298. The van der Waals surface area contributed by atoms with Crippen LogP contribution in [0.2, 0.25) is 0 Å². The Morgan fingerprint density at radius 1 is 1.00 bits per heavy atom. The van der Waals surface area contributed by atoms with E-state index in [0.29, 0.717) is 18.4 Å². The van der Waals surface area contributed by atoms with Crippen LogP contribution in [0, 0.1) is 17.8 Å². The first-order chi connectivity index (χ1) is 16.7. The molecule has 0 spiro atoms. The van der Waals surface area contributed by atoms with Gasteiger partial charge in [-0.2, -0.15) is 0 Å². The van der Waals surface area contributed by atoms with Crippen molar-refractivity contribution in [2.24, 2.45) is 17.8 Å². The number of ketones is 1. The van der Waals surface area contributed by atoms with Crippen LogP contribution in [0.15, 0.2) is 71.4 Å². The Balaban J connectivity index is 0. The third-order valence-corrected chi connectivity index (χ3v) is 5.64. The third-order valence-electron chi connectivity index (χ3n) is 5.64. The van der Waals surface area contributed by atoms with Crippen molar-refractivity contribution in [1.29, 1.82) is 0 Å². The van der Waals surface area contributed by atoms with Gasteiger partial charge < -0.3 is 0 Å². The van der Waals surface area contributed by atoms with Crippen LogP contribution in [0.4, 0.5) is 8.78 Å². The van der Waals surface area contributed by atoms with Crippen LogP contribution in [-0.2, 0) is 4.79 Å². The van der Waals surface area contributed by atoms with Crippen LogP contribution >= 0.6 is 0 Å². The molecule has 0 heterocycles. The maximum Gasteiger partial charge on any atom is 0.158 e. The molecule has 3 heteroatoms. The molecule has 0 aromatic rings. The van der Waals surface area contributed by atoms with E-state index < -0.39 is 11.7 Å². The number of carbonyl (C=O) groups is 1. The van der Waals surface area contributed by atoms with Gasteiger partial charge in [-0.1, -0.05) is 90.8 Å². The fourth-order valence-corrected chi connectivity index (χ4v) is 3.54. The van der Waals surface area contributed by atoms with Crippen LogP contribution < -0.4 is 0 Å².